The van der Waals surface area contributed by atoms with E-state index < -0.39 is 7.14 Å². The van der Waals surface area contributed by atoms with Crippen molar-refractivity contribution in [2.24, 2.45) is 0 Å². The molecule has 0 fully saturated rings. The average Bonchev–Trinajstić information content (AvgIpc) is 3.37. The van der Waals surface area contributed by atoms with Gasteiger partial charge in [0, 0.05) is 38.8 Å². The Kier molecular flexibility index (Phi) is 8.83. The Balaban J connectivity index is 0.00000372. The minimum absolute atomic E-state index is 0. The van der Waals surface area contributed by atoms with Crippen molar-refractivity contribution >= 4 is 56.5 Å². The second-order valence-corrected chi connectivity index (χ2v) is 15.2. The maximum absolute atomic E-state index is 14.9. The molecule has 0 atom stereocenters. The fourth-order valence-corrected chi connectivity index (χ4v) is 8.48. The Hall–Kier alpha value is -3.94. The monoisotopic (exact) mass is 819 g/mol. The molecular weight excluding hydrogens is 790 g/mol. The van der Waals surface area contributed by atoms with Gasteiger partial charge in [-0.2, -0.15) is 18.2 Å². The molecule has 46 heavy (non-hydrogen) atoms. The Bertz CT molecular complexity index is 2180. The van der Waals surface area contributed by atoms with E-state index >= 15 is 0 Å². The third kappa shape index (κ3) is 5.87. The third-order valence-corrected chi connectivity index (χ3v) is 11.2. The van der Waals surface area contributed by atoms with Gasteiger partial charge in [0.1, 0.15) is 13.0 Å². The first-order chi connectivity index (χ1) is 21.7. The molecule has 7 heteroatoms. The van der Waals surface area contributed by atoms with Crippen molar-refractivity contribution in [2.75, 3.05) is 0 Å². The average molecular weight is 820 g/mol. The van der Waals surface area contributed by atoms with E-state index in [1.165, 1.54) is 5.56 Å². The van der Waals surface area contributed by atoms with E-state index in [1.807, 2.05) is 115 Å². The van der Waals surface area contributed by atoms with Gasteiger partial charge >= 0.3 is 21.1 Å². The number of benzene rings is 5. The molecule has 0 radical (unpaired) electrons. The number of halogens is 1. The molecule has 5 aromatic carbocycles. The Morgan fingerprint density at radius 1 is 0.739 bits per heavy atom. The normalized spacial score (nSPS) is 11.8. The van der Waals surface area contributed by atoms with Crippen LogP contribution in [0.4, 0.5) is 0 Å². The maximum atomic E-state index is 14.9. The summed E-state index contributed by atoms with van der Waals surface area (Å²) in [6.07, 6.45) is 1.85. The van der Waals surface area contributed by atoms with Crippen LogP contribution in [0.1, 0.15) is 26.3 Å². The van der Waals surface area contributed by atoms with Crippen LogP contribution in [0.15, 0.2) is 128 Å². The summed E-state index contributed by atoms with van der Waals surface area (Å²) in [7, 11) is -3.21. The van der Waals surface area contributed by atoms with Gasteiger partial charge in [0.2, 0.25) is 0 Å². The van der Waals surface area contributed by atoms with Crippen molar-refractivity contribution in [2.45, 2.75) is 26.2 Å². The number of ether oxygens (including phenoxy) is 1. The largest absolute Gasteiger partial charge is 2.00 e. The molecule has 0 saturated heterocycles. The van der Waals surface area contributed by atoms with Crippen LogP contribution in [-0.2, 0) is 31.0 Å². The molecule has 0 saturated carbocycles. The molecule has 0 aliphatic carbocycles. The van der Waals surface area contributed by atoms with Crippen LogP contribution in [0.2, 0.25) is 5.02 Å². The van der Waals surface area contributed by atoms with Gasteiger partial charge in [0.05, 0.1) is 0 Å². The molecule has 0 unspecified atom stereocenters. The molecule has 4 nitrogen and oxygen atoms in total. The van der Waals surface area contributed by atoms with Gasteiger partial charge in [0.25, 0.3) is 0 Å². The quantitative estimate of drug-likeness (QED) is 0.124. The smallest absolute Gasteiger partial charge is 0.509 e. The summed E-state index contributed by atoms with van der Waals surface area (Å²) in [4.78, 5) is 4.76. The maximum Gasteiger partial charge on any atom is 2.00 e. The van der Waals surface area contributed by atoms with Gasteiger partial charge in [-0.3, -0.25) is 0 Å². The molecule has 2 aromatic heterocycles. The van der Waals surface area contributed by atoms with Gasteiger partial charge < -0.3 is 13.9 Å². The van der Waals surface area contributed by atoms with Crippen molar-refractivity contribution in [3.63, 3.8) is 0 Å². The van der Waals surface area contributed by atoms with Crippen molar-refractivity contribution in [1.29, 1.82) is 0 Å². The summed E-state index contributed by atoms with van der Waals surface area (Å²) in [6.45, 7) is 6.57. The van der Waals surface area contributed by atoms with E-state index in [0.717, 1.165) is 38.2 Å². The summed E-state index contributed by atoms with van der Waals surface area (Å²) < 4.78 is 23.4. The summed E-state index contributed by atoms with van der Waals surface area (Å²) in [5, 5.41) is 4.70. The van der Waals surface area contributed by atoms with E-state index in [-0.39, 0.29) is 26.5 Å². The second kappa shape index (κ2) is 12.7. The summed E-state index contributed by atoms with van der Waals surface area (Å²) in [5.41, 5.74) is 2.93. The number of hydrogen-bond acceptors (Lipinski definition) is 3. The third-order valence-electron chi connectivity index (χ3n) is 8.00. The minimum Gasteiger partial charge on any atom is -0.509 e. The van der Waals surface area contributed by atoms with Crippen LogP contribution in [0.25, 0.3) is 27.6 Å². The van der Waals surface area contributed by atoms with E-state index in [1.54, 1.807) is 0 Å². The minimum atomic E-state index is -3.21. The van der Waals surface area contributed by atoms with Crippen molar-refractivity contribution in [3.05, 3.63) is 150 Å². The molecule has 0 N–H and O–H groups in total. The predicted octanol–water partition coefficient (Wildman–Crippen LogP) is 9.16. The van der Waals surface area contributed by atoms with Gasteiger partial charge in [-0.25, -0.2) is 4.98 Å². The number of hydrogen-bond donors (Lipinski definition) is 0. The van der Waals surface area contributed by atoms with Crippen LogP contribution in [0.3, 0.4) is 0 Å². The molecule has 0 spiro atoms. The van der Waals surface area contributed by atoms with E-state index in [9.17, 15) is 4.57 Å². The Labute approximate surface area is 288 Å². The number of fused-ring (bicyclic) bond motifs is 3. The van der Waals surface area contributed by atoms with Crippen LogP contribution in [-0.4, -0.2) is 9.55 Å². The van der Waals surface area contributed by atoms with E-state index in [2.05, 4.69) is 49.6 Å². The molecule has 0 amide bonds. The van der Waals surface area contributed by atoms with E-state index in [0.29, 0.717) is 21.8 Å². The topological polar surface area (TPSA) is 44.1 Å². The summed E-state index contributed by atoms with van der Waals surface area (Å²) >= 11 is 6.45. The van der Waals surface area contributed by atoms with Crippen LogP contribution < -0.4 is 20.7 Å². The van der Waals surface area contributed by atoms with Gasteiger partial charge in [-0.05, 0) is 46.7 Å². The Morgan fingerprint density at radius 2 is 1.41 bits per heavy atom. The first kappa shape index (κ1) is 32.0. The molecule has 230 valence electrons. The molecular formula is C39H30ClN2O2PPt. The van der Waals surface area contributed by atoms with Crippen LogP contribution >= 0.6 is 18.7 Å². The number of nitrogens with zero attached hydrogens (tertiary/aromatic N) is 2. The molecule has 0 bridgehead atoms. The second-order valence-electron chi connectivity index (χ2n) is 12.0. The standard InChI is InChI=1S/C39H30ClN2O2P.Pt/c1-39(2,3)27-21-22-41-38(23-27)42-36-20-17-28(40)24-35(36)34-19-18-30(26-37(34)42)44-29-11-10-16-33(25-29)45(43,31-12-6-4-7-13-31)32-14-8-5-9-15-32;/h4-24H,1-3H3;/q-2;+2. The fraction of sp³-hybridized carbons (Fsp3) is 0.103. The number of rotatable bonds is 6. The number of aromatic nitrogens is 2. The summed E-state index contributed by atoms with van der Waals surface area (Å²) in [5.74, 6) is 1.75. The zero-order valence-corrected chi connectivity index (χ0v) is 29.4. The molecule has 0 aliphatic rings. The molecule has 2 heterocycles. The molecule has 0 aliphatic heterocycles. The SMILES string of the molecule is CC(C)(C)c1ccnc(-n2c3[c-]c(Oc4[c-]c(P(=O)(c5ccccc5)c5ccccc5)ccc4)ccc3c3cc(Cl)ccc32)c1.[Pt+2]. The van der Waals surface area contributed by atoms with Crippen LogP contribution in [0, 0.1) is 12.1 Å². The van der Waals surface area contributed by atoms with Gasteiger partial charge in [0.15, 0.2) is 0 Å². The van der Waals surface area contributed by atoms with Gasteiger partial charge in [-0.15, -0.1) is 29.7 Å². The number of pyridine rings is 1. The van der Waals surface area contributed by atoms with Crippen LogP contribution in [0.5, 0.6) is 11.5 Å². The fourth-order valence-electron chi connectivity index (χ4n) is 5.70. The van der Waals surface area contributed by atoms with Crippen molar-refractivity contribution < 1.29 is 30.4 Å². The van der Waals surface area contributed by atoms with Crippen molar-refractivity contribution in [3.8, 4) is 17.3 Å². The first-order valence-electron chi connectivity index (χ1n) is 14.8. The van der Waals surface area contributed by atoms with Crippen molar-refractivity contribution in [1.82, 2.24) is 9.55 Å². The predicted molar refractivity (Wildman–Crippen MR) is 186 cm³/mol. The molecule has 7 aromatic rings. The van der Waals surface area contributed by atoms with Gasteiger partial charge in [-0.1, -0.05) is 104 Å². The molecule has 7 rings (SSSR count). The summed E-state index contributed by atoms with van der Waals surface area (Å²) in [6, 6.07) is 45.5. The zero-order valence-electron chi connectivity index (χ0n) is 25.5. The zero-order chi connectivity index (χ0) is 31.2. The first-order valence-corrected chi connectivity index (χ1v) is 16.9. The van der Waals surface area contributed by atoms with E-state index in [4.69, 9.17) is 21.3 Å². The Morgan fingerprint density at radius 3 is 2.09 bits per heavy atom.